The Morgan fingerprint density at radius 3 is 2.55 bits per heavy atom. The minimum atomic E-state index is -0.479. The van der Waals surface area contributed by atoms with Crippen molar-refractivity contribution in [3.05, 3.63) is 80.4 Å². The third-order valence-corrected chi connectivity index (χ3v) is 5.65. The molecule has 1 saturated heterocycles. The molecular formula is C20H16ClN3O4S. The molecule has 29 heavy (non-hydrogen) atoms. The van der Waals surface area contributed by atoms with Gasteiger partial charge >= 0.3 is 6.09 Å². The van der Waals surface area contributed by atoms with Crippen molar-refractivity contribution in [2.24, 2.45) is 0 Å². The van der Waals surface area contributed by atoms with Gasteiger partial charge in [-0.1, -0.05) is 17.7 Å². The molecule has 1 atom stereocenters. The number of thiophene rings is 1. The Morgan fingerprint density at radius 1 is 1.10 bits per heavy atom. The molecule has 1 N–H and O–H groups in total. The summed E-state index contributed by atoms with van der Waals surface area (Å²) in [7, 11) is 0. The molecule has 1 aromatic carbocycles. The largest absolute Gasteiger partial charge is 0.442 e. The van der Waals surface area contributed by atoms with Crippen molar-refractivity contribution in [2.75, 3.05) is 18.0 Å². The number of hydrogen-bond donors (Lipinski definition) is 1. The van der Waals surface area contributed by atoms with Crippen LogP contribution in [-0.2, 0) is 4.74 Å². The van der Waals surface area contributed by atoms with Gasteiger partial charge in [-0.05, 0) is 42.5 Å². The number of pyridine rings is 1. The molecular weight excluding hydrogens is 414 g/mol. The molecule has 7 nitrogen and oxygen atoms in total. The molecule has 4 rings (SSSR count). The second kappa shape index (κ2) is 8.10. The van der Waals surface area contributed by atoms with E-state index in [9.17, 15) is 14.4 Å². The van der Waals surface area contributed by atoms with E-state index in [1.807, 2.05) is 0 Å². The average molecular weight is 430 g/mol. The van der Waals surface area contributed by atoms with Crippen molar-refractivity contribution in [1.82, 2.24) is 9.88 Å². The fourth-order valence-corrected chi connectivity index (χ4v) is 3.96. The molecule has 0 saturated carbocycles. The van der Waals surface area contributed by atoms with E-state index in [-0.39, 0.29) is 18.0 Å². The Morgan fingerprint density at radius 2 is 1.86 bits per heavy atom. The first kappa shape index (κ1) is 19.2. The van der Waals surface area contributed by atoms with Gasteiger partial charge < -0.3 is 10.1 Å². The lowest BCUT2D eigenvalue weighted by molar-refractivity contribution is 0.0920. The van der Waals surface area contributed by atoms with Crippen molar-refractivity contribution < 1.29 is 14.3 Å². The first-order valence-corrected chi connectivity index (χ1v) is 10.0. The van der Waals surface area contributed by atoms with Gasteiger partial charge in [-0.25, -0.2) is 4.79 Å². The van der Waals surface area contributed by atoms with Gasteiger partial charge in [0.2, 0.25) is 0 Å². The lowest BCUT2D eigenvalue weighted by atomic mass is 10.2. The Labute approximate surface area is 175 Å². The van der Waals surface area contributed by atoms with Gasteiger partial charge in [0.1, 0.15) is 6.10 Å². The zero-order valence-corrected chi connectivity index (χ0v) is 16.7. The van der Waals surface area contributed by atoms with Gasteiger partial charge in [0, 0.05) is 23.6 Å². The number of amides is 2. The molecule has 3 aromatic rings. The number of ether oxygens (including phenoxy) is 1. The summed E-state index contributed by atoms with van der Waals surface area (Å²) in [5, 5.41) is 2.75. The van der Waals surface area contributed by atoms with Crippen LogP contribution in [0.3, 0.4) is 0 Å². The first-order chi connectivity index (χ1) is 14.0. The predicted molar refractivity (Wildman–Crippen MR) is 111 cm³/mol. The minimum Gasteiger partial charge on any atom is -0.442 e. The Bertz CT molecular complexity index is 1110. The number of halogens is 1. The van der Waals surface area contributed by atoms with Crippen molar-refractivity contribution in [3.8, 4) is 5.69 Å². The average Bonchev–Trinajstić information content (AvgIpc) is 3.32. The lowest BCUT2D eigenvalue weighted by Crippen LogP contribution is -2.34. The monoisotopic (exact) mass is 429 g/mol. The molecule has 0 unspecified atom stereocenters. The smallest absolute Gasteiger partial charge is 0.414 e. The summed E-state index contributed by atoms with van der Waals surface area (Å²) >= 11 is 7.03. The fraction of sp³-hybridized carbons (Fsp3) is 0.150. The van der Waals surface area contributed by atoms with Gasteiger partial charge in [0.15, 0.2) is 0 Å². The number of hydrogen-bond acceptors (Lipinski definition) is 5. The number of benzene rings is 1. The highest BCUT2D eigenvalue weighted by molar-refractivity contribution is 7.17. The van der Waals surface area contributed by atoms with E-state index in [1.54, 1.807) is 54.7 Å². The number of nitrogens with zero attached hydrogens (tertiary/aromatic N) is 2. The van der Waals surface area contributed by atoms with Crippen molar-refractivity contribution in [2.45, 2.75) is 6.10 Å². The topological polar surface area (TPSA) is 80.6 Å². The summed E-state index contributed by atoms with van der Waals surface area (Å²) in [6.07, 6.45) is 0.743. The summed E-state index contributed by atoms with van der Waals surface area (Å²) < 4.78 is 7.40. The summed E-state index contributed by atoms with van der Waals surface area (Å²) in [4.78, 5) is 38.3. The lowest BCUT2D eigenvalue weighted by Gasteiger charge is -2.14. The molecule has 0 radical (unpaired) electrons. The van der Waals surface area contributed by atoms with E-state index < -0.39 is 12.2 Å². The van der Waals surface area contributed by atoms with Crippen molar-refractivity contribution in [3.63, 3.8) is 0 Å². The van der Waals surface area contributed by atoms with Crippen LogP contribution < -0.4 is 15.8 Å². The van der Waals surface area contributed by atoms with Crippen LogP contribution in [0.1, 0.15) is 9.67 Å². The maximum absolute atomic E-state index is 12.2. The predicted octanol–water partition coefficient (Wildman–Crippen LogP) is 3.31. The van der Waals surface area contributed by atoms with Gasteiger partial charge in [0.05, 0.1) is 22.3 Å². The molecule has 0 bridgehead atoms. The standard InChI is InChI=1S/C20H16ClN3O4S/c21-17-9-8-16(29-17)19(26)22-11-15-12-24(20(27)28-15)14-6-4-13(5-7-14)23-10-2-1-3-18(23)25/h1-10,15H,11-12H2,(H,22,26)/t15-/m1/s1. The third-order valence-electron chi connectivity index (χ3n) is 4.42. The Balaban J connectivity index is 1.39. The second-order valence-corrected chi connectivity index (χ2v) is 8.07. The molecule has 0 aliphatic carbocycles. The third kappa shape index (κ3) is 4.18. The molecule has 0 spiro atoms. The molecule has 3 heterocycles. The first-order valence-electron chi connectivity index (χ1n) is 8.81. The summed E-state index contributed by atoms with van der Waals surface area (Å²) in [6.45, 7) is 0.517. The van der Waals surface area contributed by atoms with Crippen LogP contribution in [0.2, 0.25) is 4.34 Å². The number of rotatable bonds is 5. The highest BCUT2D eigenvalue weighted by Crippen LogP contribution is 2.23. The summed E-state index contributed by atoms with van der Waals surface area (Å²) in [5.74, 6) is -0.256. The van der Waals surface area contributed by atoms with E-state index in [0.717, 1.165) is 0 Å². The zero-order valence-electron chi connectivity index (χ0n) is 15.1. The minimum absolute atomic E-state index is 0.135. The number of nitrogens with one attached hydrogen (secondary N) is 1. The van der Waals surface area contributed by atoms with Crippen LogP contribution >= 0.6 is 22.9 Å². The SMILES string of the molecule is O=C(NC[C@@H]1CN(c2ccc(-n3ccccc3=O)cc2)C(=O)O1)c1ccc(Cl)s1. The van der Waals surface area contributed by atoms with Gasteiger partial charge in [0.25, 0.3) is 11.5 Å². The van der Waals surface area contributed by atoms with Crippen LogP contribution in [0.4, 0.5) is 10.5 Å². The van der Waals surface area contributed by atoms with Crippen LogP contribution in [0, 0.1) is 0 Å². The highest BCUT2D eigenvalue weighted by atomic mass is 35.5. The van der Waals surface area contributed by atoms with Gasteiger partial charge in [-0.2, -0.15) is 0 Å². The van der Waals surface area contributed by atoms with Gasteiger partial charge in [-0.15, -0.1) is 11.3 Å². The number of carbonyl (C=O) groups excluding carboxylic acids is 2. The molecule has 1 aliphatic rings. The second-order valence-electron chi connectivity index (χ2n) is 6.36. The molecule has 2 aromatic heterocycles. The maximum atomic E-state index is 12.2. The quantitative estimate of drug-likeness (QED) is 0.674. The Hall–Kier alpha value is -3.10. The zero-order chi connectivity index (χ0) is 20.4. The number of carbonyl (C=O) groups is 2. The van der Waals surface area contributed by atoms with E-state index in [2.05, 4.69) is 5.32 Å². The van der Waals surface area contributed by atoms with Crippen LogP contribution in [0.25, 0.3) is 5.69 Å². The molecule has 9 heteroatoms. The molecule has 1 aliphatic heterocycles. The maximum Gasteiger partial charge on any atom is 0.414 e. The van der Waals surface area contributed by atoms with E-state index in [0.29, 0.717) is 27.1 Å². The van der Waals surface area contributed by atoms with Crippen LogP contribution in [-0.4, -0.2) is 35.8 Å². The van der Waals surface area contributed by atoms with Gasteiger partial charge in [-0.3, -0.25) is 19.1 Å². The highest BCUT2D eigenvalue weighted by Gasteiger charge is 2.32. The Kier molecular flexibility index (Phi) is 5.37. The summed E-state index contributed by atoms with van der Waals surface area (Å²) in [6, 6.07) is 15.3. The number of aromatic nitrogens is 1. The number of cyclic esters (lactones) is 1. The fourth-order valence-electron chi connectivity index (χ4n) is 3.00. The normalized spacial score (nSPS) is 16.0. The van der Waals surface area contributed by atoms with E-state index in [1.165, 1.54) is 26.9 Å². The molecule has 148 valence electrons. The van der Waals surface area contributed by atoms with Crippen molar-refractivity contribution in [1.29, 1.82) is 0 Å². The van der Waals surface area contributed by atoms with Crippen LogP contribution in [0.15, 0.2) is 65.6 Å². The number of anilines is 1. The summed E-state index contributed by atoms with van der Waals surface area (Å²) in [5.41, 5.74) is 1.22. The van der Waals surface area contributed by atoms with Crippen LogP contribution in [0.5, 0.6) is 0 Å². The van der Waals surface area contributed by atoms with E-state index in [4.69, 9.17) is 16.3 Å². The molecule has 1 fully saturated rings. The molecule has 2 amide bonds. The van der Waals surface area contributed by atoms with E-state index >= 15 is 0 Å². The van der Waals surface area contributed by atoms with Crippen molar-refractivity contribution >= 4 is 40.6 Å².